The van der Waals surface area contributed by atoms with E-state index in [2.05, 4.69) is 5.32 Å². The molecule has 2 aliphatic rings. The number of fused-ring (bicyclic) bond motifs is 1. The molecule has 8 heteroatoms. The van der Waals surface area contributed by atoms with Crippen molar-refractivity contribution in [2.75, 3.05) is 39.9 Å². The van der Waals surface area contributed by atoms with E-state index in [0.717, 1.165) is 19.4 Å². The second-order valence-corrected chi connectivity index (χ2v) is 7.67. The minimum Gasteiger partial charge on any atom is -0.490 e. The van der Waals surface area contributed by atoms with Gasteiger partial charge in [0.2, 0.25) is 10.0 Å². The number of ether oxygens (including phenoxy) is 2. The minimum atomic E-state index is -3.47. The monoisotopic (exact) mass is 362 g/mol. The Balaban J connectivity index is 0.00000192. The van der Waals surface area contributed by atoms with Crippen LogP contribution in [0.3, 0.4) is 0 Å². The van der Waals surface area contributed by atoms with Gasteiger partial charge < -0.3 is 14.8 Å². The Morgan fingerprint density at radius 2 is 2.00 bits per heavy atom. The van der Waals surface area contributed by atoms with Crippen LogP contribution in [0.15, 0.2) is 23.1 Å². The van der Waals surface area contributed by atoms with Gasteiger partial charge in [-0.15, -0.1) is 12.4 Å². The van der Waals surface area contributed by atoms with E-state index in [0.29, 0.717) is 43.7 Å². The summed E-state index contributed by atoms with van der Waals surface area (Å²) in [6, 6.07) is 4.88. The molecule has 0 aliphatic carbocycles. The molecule has 0 aromatic heterocycles. The lowest BCUT2D eigenvalue weighted by Crippen LogP contribution is -2.30. The minimum absolute atomic E-state index is 0. The van der Waals surface area contributed by atoms with E-state index in [1.807, 2.05) is 7.05 Å². The zero-order chi connectivity index (χ0) is 15.6. The first-order valence-electron chi connectivity index (χ1n) is 7.65. The number of rotatable bonds is 4. The first kappa shape index (κ1) is 18.3. The highest BCUT2D eigenvalue weighted by atomic mass is 35.5. The van der Waals surface area contributed by atoms with Gasteiger partial charge >= 0.3 is 0 Å². The summed E-state index contributed by atoms with van der Waals surface area (Å²) in [5.74, 6) is 1.51. The van der Waals surface area contributed by atoms with Crippen LogP contribution in [0.4, 0.5) is 0 Å². The Kier molecular flexibility index (Phi) is 6.13. The zero-order valence-electron chi connectivity index (χ0n) is 13.2. The van der Waals surface area contributed by atoms with Crippen molar-refractivity contribution in [2.24, 2.45) is 5.92 Å². The molecule has 130 valence electrons. The second kappa shape index (κ2) is 7.70. The Morgan fingerprint density at radius 3 is 2.74 bits per heavy atom. The Morgan fingerprint density at radius 1 is 1.26 bits per heavy atom. The molecule has 1 saturated heterocycles. The molecule has 2 heterocycles. The molecule has 23 heavy (non-hydrogen) atoms. The van der Waals surface area contributed by atoms with Crippen molar-refractivity contribution >= 4 is 22.4 Å². The summed E-state index contributed by atoms with van der Waals surface area (Å²) < 4.78 is 38.2. The normalized spacial score (nSPS) is 21.5. The van der Waals surface area contributed by atoms with Crippen molar-refractivity contribution in [1.82, 2.24) is 9.62 Å². The number of benzene rings is 1. The van der Waals surface area contributed by atoms with Crippen LogP contribution in [0, 0.1) is 5.92 Å². The molecule has 1 fully saturated rings. The average Bonchev–Trinajstić information content (AvgIpc) is 2.85. The van der Waals surface area contributed by atoms with E-state index >= 15 is 0 Å². The molecular formula is C15H23ClN2O4S. The Hall–Kier alpha value is -1.02. The zero-order valence-corrected chi connectivity index (χ0v) is 14.8. The summed E-state index contributed by atoms with van der Waals surface area (Å²) in [5, 5.41) is 3.11. The first-order chi connectivity index (χ1) is 10.6. The highest BCUT2D eigenvalue weighted by molar-refractivity contribution is 7.89. The third kappa shape index (κ3) is 3.91. The van der Waals surface area contributed by atoms with Crippen LogP contribution in [0.2, 0.25) is 0 Å². The van der Waals surface area contributed by atoms with Crippen LogP contribution >= 0.6 is 12.4 Å². The molecule has 1 N–H and O–H groups in total. The SMILES string of the molecule is CNCC1CCN(S(=O)(=O)c2ccc3c(c2)OCCCO3)C1.Cl. The van der Waals surface area contributed by atoms with E-state index in [1.54, 1.807) is 22.5 Å². The summed E-state index contributed by atoms with van der Waals surface area (Å²) >= 11 is 0. The lowest BCUT2D eigenvalue weighted by atomic mass is 10.1. The summed E-state index contributed by atoms with van der Waals surface area (Å²) in [6.07, 6.45) is 1.69. The molecule has 3 rings (SSSR count). The van der Waals surface area contributed by atoms with Crippen LogP contribution in [0.25, 0.3) is 0 Å². The molecule has 1 unspecified atom stereocenters. The molecule has 1 aromatic carbocycles. The van der Waals surface area contributed by atoms with Crippen LogP contribution < -0.4 is 14.8 Å². The van der Waals surface area contributed by atoms with Crippen LogP contribution in [0.1, 0.15) is 12.8 Å². The summed E-state index contributed by atoms with van der Waals surface area (Å²) in [7, 11) is -1.58. The second-order valence-electron chi connectivity index (χ2n) is 5.73. The number of hydrogen-bond donors (Lipinski definition) is 1. The van der Waals surface area contributed by atoms with E-state index in [1.165, 1.54) is 0 Å². The molecule has 0 saturated carbocycles. The van der Waals surface area contributed by atoms with Gasteiger partial charge in [0.05, 0.1) is 18.1 Å². The smallest absolute Gasteiger partial charge is 0.243 e. The highest BCUT2D eigenvalue weighted by Crippen LogP contribution is 2.33. The number of nitrogens with one attached hydrogen (secondary N) is 1. The van der Waals surface area contributed by atoms with E-state index < -0.39 is 10.0 Å². The summed E-state index contributed by atoms with van der Waals surface area (Å²) in [6.45, 7) is 3.12. The molecule has 6 nitrogen and oxygen atoms in total. The van der Waals surface area contributed by atoms with Gasteiger partial charge in [0.15, 0.2) is 11.5 Å². The van der Waals surface area contributed by atoms with Crippen molar-refractivity contribution in [3.63, 3.8) is 0 Å². The fourth-order valence-electron chi connectivity index (χ4n) is 2.92. The largest absolute Gasteiger partial charge is 0.490 e. The third-order valence-corrected chi connectivity index (χ3v) is 5.96. The lowest BCUT2D eigenvalue weighted by Gasteiger charge is -2.17. The molecule has 0 spiro atoms. The lowest BCUT2D eigenvalue weighted by molar-refractivity contribution is 0.297. The van der Waals surface area contributed by atoms with Gasteiger partial charge in [-0.25, -0.2) is 8.42 Å². The van der Waals surface area contributed by atoms with Gasteiger partial charge in [0.25, 0.3) is 0 Å². The topological polar surface area (TPSA) is 67.9 Å². The molecular weight excluding hydrogens is 340 g/mol. The van der Waals surface area contributed by atoms with Crippen molar-refractivity contribution in [1.29, 1.82) is 0 Å². The Bertz CT molecular complexity index is 638. The number of nitrogens with zero attached hydrogens (tertiary/aromatic N) is 1. The van der Waals surface area contributed by atoms with Crippen molar-refractivity contribution < 1.29 is 17.9 Å². The maximum atomic E-state index is 12.8. The average molecular weight is 363 g/mol. The third-order valence-electron chi connectivity index (χ3n) is 4.10. The molecule has 1 atom stereocenters. The van der Waals surface area contributed by atoms with Crippen LogP contribution in [0.5, 0.6) is 11.5 Å². The predicted octanol–water partition coefficient (Wildman–Crippen LogP) is 1.50. The molecule has 0 amide bonds. The van der Waals surface area contributed by atoms with Gasteiger partial charge in [0.1, 0.15) is 0 Å². The van der Waals surface area contributed by atoms with Gasteiger partial charge in [-0.3, -0.25) is 0 Å². The Labute approximate surface area is 143 Å². The van der Waals surface area contributed by atoms with Gasteiger partial charge in [0, 0.05) is 25.6 Å². The van der Waals surface area contributed by atoms with E-state index in [-0.39, 0.29) is 17.3 Å². The number of halogens is 1. The van der Waals surface area contributed by atoms with Gasteiger partial charge in [-0.1, -0.05) is 0 Å². The van der Waals surface area contributed by atoms with E-state index in [9.17, 15) is 8.42 Å². The predicted molar refractivity (Wildman–Crippen MR) is 90.1 cm³/mol. The van der Waals surface area contributed by atoms with Crippen molar-refractivity contribution in [2.45, 2.75) is 17.7 Å². The number of sulfonamides is 1. The molecule has 2 aliphatic heterocycles. The quantitative estimate of drug-likeness (QED) is 0.879. The first-order valence-corrected chi connectivity index (χ1v) is 9.09. The number of hydrogen-bond acceptors (Lipinski definition) is 5. The standard InChI is InChI=1S/C15H22N2O4S.ClH/c1-16-10-12-5-6-17(11-12)22(18,19)13-3-4-14-15(9-13)21-8-2-7-20-14;/h3-4,9,12,16H,2,5-8,10-11H2,1H3;1H. The van der Waals surface area contributed by atoms with Crippen LogP contribution in [-0.2, 0) is 10.0 Å². The summed E-state index contributed by atoms with van der Waals surface area (Å²) in [4.78, 5) is 0.279. The van der Waals surface area contributed by atoms with Gasteiger partial charge in [-0.2, -0.15) is 4.31 Å². The van der Waals surface area contributed by atoms with Crippen molar-refractivity contribution in [3.8, 4) is 11.5 Å². The maximum absolute atomic E-state index is 12.8. The van der Waals surface area contributed by atoms with Crippen LogP contribution in [-0.4, -0.2) is 52.6 Å². The summed E-state index contributed by atoms with van der Waals surface area (Å²) in [5.41, 5.74) is 0. The fraction of sp³-hybridized carbons (Fsp3) is 0.600. The molecule has 0 bridgehead atoms. The van der Waals surface area contributed by atoms with E-state index in [4.69, 9.17) is 9.47 Å². The fourth-order valence-corrected chi connectivity index (χ4v) is 4.47. The highest BCUT2D eigenvalue weighted by Gasteiger charge is 2.32. The van der Waals surface area contributed by atoms with Gasteiger partial charge in [-0.05, 0) is 38.1 Å². The maximum Gasteiger partial charge on any atom is 0.243 e. The van der Waals surface area contributed by atoms with Crippen molar-refractivity contribution in [3.05, 3.63) is 18.2 Å². The molecule has 0 radical (unpaired) electrons. The molecule has 1 aromatic rings.